The maximum absolute atomic E-state index is 11.6. The molecule has 2 amide bonds. The molecule has 0 saturated heterocycles. The SMILES string of the molecule is CCOC(=O)NCNC(=O)c1ccc(I)cc1. The fourth-order valence-electron chi connectivity index (χ4n) is 1.08. The Morgan fingerprint density at radius 2 is 1.88 bits per heavy atom. The summed E-state index contributed by atoms with van der Waals surface area (Å²) in [5, 5.41) is 4.96. The molecular formula is C11H13IN2O3. The molecule has 5 nitrogen and oxygen atoms in total. The molecule has 2 N–H and O–H groups in total. The molecule has 1 rings (SSSR count). The van der Waals surface area contributed by atoms with E-state index < -0.39 is 6.09 Å². The monoisotopic (exact) mass is 348 g/mol. The number of rotatable bonds is 4. The van der Waals surface area contributed by atoms with Crippen molar-refractivity contribution in [2.75, 3.05) is 13.3 Å². The van der Waals surface area contributed by atoms with Gasteiger partial charge in [0.05, 0.1) is 13.3 Å². The molecule has 0 fully saturated rings. The van der Waals surface area contributed by atoms with Gasteiger partial charge in [-0.25, -0.2) is 4.79 Å². The van der Waals surface area contributed by atoms with Crippen LogP contribution in [0.3, 0.4) is 0 Å². The zero-order valence-electron chi connectivity index (χ0n) is 9.33. The van der Waals surface area contributed by atoms with E-state index >= 15 is 0 Å². The van der Waals surface area contributed by atoms with Gasteiger partial charge in [0, 0.05) is 9.13 Å². The van der Waals surface area contributed by atoms with Crippen LogP contribution in [-0.4, -0.2) is 25.3 Å². The van der Waals surface area contributed by atoms with E-state index in [-0.39, 0.29) is 12.6 Å². The Bertz CT molecular complexity index is 392. The molecule has 1 aromatic rings. The number of carbonyl (C=O) groups is 2. The zero-order chi connectivity index (χ0) is 12.7. The largest absolute Gasteiger partial charge is 0.450 e. The first-order valence-corrected chi connectivity index (χ1v) is 6.15. The maximum Gasteiger partial charge on any atom is 0.408 e. The fraction of sp³-hybridized carbons (Fsp3) is 0.273. The van der Waals surface area contributed by atoms with Crippen LogP contribution in [0, 0.1) is 3.57 Å². The van der Waals surface area contributed by atoms with Crippen LogP contribution in [0.5, 0.6) is 0 Å². The van der Waals surface area contributed by atoms with Gasteiger partial charge in [-0.15, -0.1) is 0 Å². The fourth-order valence-corrected chi connectivity index (χ4v) is 1.44. The summed E-state index contributed by atoms with van der Waals surface area (Å²) in [6, 6.07) is 7.13. The van der Waals surface area contributed by atoms with Crippen molar-refractivity contribution in [3.8, 4) is 0 Å². The van der Waals surface area contributed by atoms with Crippen molar-refractivity contribution in [1.82, 2.24) is 10.6 Å². The van der Waals surface area contributed by atoms with Crippen LogP contribution in [-0.2, 0) is 4.74 Å². The molecule has 0 spiro atoms. The second-order valence-corrected chi connectivity index (χ2v) is 4.33. The molecule has 1 aromatic carbocycles. The highest BCUT2D eigenvalue weighted by molar-refractivity contribution is 14.1. The van der Waals surface area contributed by atoms with Gasteiger partial charge in [-0.3, -0.25) is 4.79 Å². The van der Waals surface area contributed by atoms with Gasteiger partial charge in [-0.05, 0) is 53.8 Å². The van der Waals surface area contributed by atoms with Gasteiger partial charge in [0.2, 0.25) is 0 Å². The minimum atomic E-state index is -0.546. The van der Waals surface area contributed by atoms with Crippen LogP contribution >= 0.6 is 22.6 Å². The highest BCUT2D eigenvalue weighted by Crippen LogP contribution is 2.06. The van der Waals surface area contributed by atoms with Crippen LogP contribution in [0.25, 0.3) is 0 Å². The van der Waals surface area contributed by atoms with Crippen LogP contribution in [0.2, 0.25) is 0 Å². The van der Waals surface area contributed by atoms with Crippen molar-refractivity contribution in [1.29, 1.82) is 0 Å². The Kier molecular flexibility index (Phi) is 5.75. The second kappa shape index (κ2) is 7.10. The number of carbonyl (C=O) groups excluding carboxylic acids is 2. The lowest BCUT2D eigenvalue weighted by molar-refractivity contribution is 0.0948. The lowest BCUT2D eigenvalue weighted by Crippen LogP contribution is -2.37. The van der Waals surface area contributed by atoms with Crippen molar-refractivity contribution < 1.29 is 14.3 Å². The number of ether oxygens (including phenoxy) is 1. The number of halogens is 1. The minimum Gasteiger partial charge on any atom is -0.450 e. The van der Waals surface area contributed by atoms with E-state index in [4.69, 9.17) is 0 Å². The highest BCUT2D eigenvalue weighted by atomic mass is 127. The normalized spacial score (nSPS) is 9.53. The van der Waals surface area contributed by atoms with Crippen molar-refractivity contribution in [2.24, 2.45) is 0 Å². The number of alkyl carbamates (subject to hydrolysis) is 1. The summed E-state index contributed by atoms with van der Waals surface area (Å²) < 4.78 is 5.70. The van der Waals surface area contributed by atoms with Crippen LogP contribution in [0.1, 0.15) is 17.3 Å². The number of hydrogen-bond donors (Lipinski definition) is 2. The molecule has 0 aliphatic rings. The molecular weight excluding hydrogens is 335 g/mol. The van der Waals surface area contributed by atoms with Gasteiger partial charge < -0.3 is 15.4 Å². The molecule has 0 aromatic heterocycles. The molecule has 92 valence electrons. The highest BCUT2D eigenvalue weighted by Gasteiger charge is 2.05. The Labute approximate surface area is 113 Å². The van der Waals surface area contributed by atoms with Crippen molar-refractivity contribution in [3.05, 3.63) is 33.4 Å². The number of hydrogen-bond acceptors (Lipinski definition) is 3. The average molecular weight is 348 g/mol. The lowest BCUT2D eigenvalue weighted by atomic mass is 10.2. The zero-order valence-corrected chi connectivity index (χ0v) is 11.5. The van der Waals surface area contributed by atoms with Gasteiger partial charge in [0.1, 0.15) is 0 Å². The Balaban J connectivity index is 2.35. The lowest BCUT2D eigenvalue weighted by Gasteiger charge is -2.07. The van der Waals surface area contributed by atoms with E-state index in [1.165, 1.54) is 0 Å². The number of amides is 2. The molecule has 6 heteroatoms. The van der Waals surface area contributed by atoms with Crippen molar-refractivity contribution in [3.63, 3.8) is 0 Å². The smallest absolute Gasteiger partial charge is 0.408 e. The Hall–Kier alpha value is -1.31. The van der Waals surface area contributed by atoms with E-state index in [9.17, 15) is 9.59 Å². The Morgan fingerprint density at radius 1 is 1.24 bits per heavy atom. The van der Waals surface area contributed by atoms with Gasteiger partial charge in [0.25, 0.3) is 5.91 Å². The molecule has 0 saturated carbocycles. The summed E-state index contributed by atoms with van der Waals surface area (Å²) >= 11 is 2.16. The molecule has 0 unspecified atom stereocenters. The van der Waals surface area contributed by atoms with E-state index in [1.807, 2.05) is 12.1 Å². The maximum atomic E-state index is 11.6. The van der Waals surface area contributed by atoms with Crippen LogP contribution < -0.4 is 10.6 Å². The first-order valence-electron chi connectivity index (χ1n) is 5.08. The molecule has 0 heterocycles. The third-order valence-corrected chi connectivity index (χ3v) is 2.58. The summed E-state index contributed by atoms with van der Waals surface area (Å²) in [7, 11) is 0. The first kappa shape index (κ1) is 13.8. The topological polar surface area (TPSA) is 67.4 Å². The Morgan fingerprint density at radius 3 is 2.47 bits per heavy atom. The van der Waals surface area contributed by atoms with Crippen molar-refractivity contribution in [2.45, 2.75) is 6.92 Å². The van der Waals surface area contributed by atoms with Gasteiger partial charge >= 0.3 is 6.09 Å². The predicted octanol–water partition coefficient (Wildman–Crippen LogP) is 1.72. The molecule has 0 aliphatic carbocycles. The van der Waals surface area contributed by atoms with Crippen LogP contribution in [0.15, 0.2) is 24.3 Å². The third kappa shape index (κ3) is 5.03. The number of nitrogens with one attached hydrogen (secondary N) is 2. The minimum absolute atomic E-state index is 0.0453. The van der Waals surface area contributed by atoms with E-state index in [0.717, 1.165) is 3.57 Å². The quantitative estimate of drug-likeness (QED) is 0.643. The molecule has 0 bridgehead atoms. The molecule has 0 atom stereocenters. The van der Waals surface area contributed by atoms with E-state index in [0.29, 0.717) is 12.2 Å². The summed E-state index contributed by atoms with van der Waals surface area (Å²) in [5.74, 6) is -0.238. The summed E-state index contributed by atoms with van der Waals surface area (Å²) in [5.41, 5.74) is 0.552. The van der Waals surface area contributed by atoms with Gasteiger partial charge in [-0.2, -0.15) is 0 Å². The standard InChI is InChI=1S/C11H13IN2O3/c1-2-17-11(16)14-7-13-10(15)8-3-5-9(12)6-4-8/h3-6H,2,7H2,1H3,(H,13,15)(H,14,16). The van der Waals surface area contributed by atoms with Gasteiger partial charge in [-0.1, -0.05) is 0 Å². The van der Waals surface area contributed by atoms with Crippen molar-refractivity contribution >= 4 is 34.6 Å². The summed E-state index contributed by atoms with van der Waals surface area (Å²) in [6.45, 7) is 2.06. The summed E-state index contributed by atoms with van der Waals surface area (Å²) in [6.07, 6.45) is -0.546. The molecule has 0 aliphatic heterocycles. The summed E-state index contributed by atoms with van der Waals surface area (Å²) in [4.78, 5) is 22.5. The number of benzene rings is 1. The molecule has 17 heavy (non-hydrogen) atoms. The van der Waals surface area contributed by atoms with E-state index in [1.54, 1.807) is 19.1 Å². The third-order valence-electron chi connectivity index (χ3n) is 1.86. The van der Waals surface area contributed by atoms with Gasteiger partial charge in [0.15, 0.2) is 0 Å². The van der Waals surface area contributed by atoms with E-state index in [2.05, 4.69) is 38.0 Å². The second-order valence-electron chi connectivity index (χ2n) is 3.09. The predicted molar refractivity (Wildman–Crippen MR) is 71.6 cm³/mol. The average Bonchev–Trinajstić information content (AvgIpc) is 2.30. The first-order chi connectivity index (χ1) is 8.13. The van der Waals surface area contributed by atoms with Crippen LogP contribution in [0.4, 0.5) is 4.79 Å². The molecule has 0 radical (unpaired) electrons.